The van der Waals surface area contributed by atoms with Gasteiger partial charge in [-0.05, 0) is 0 Å². The largest absolute Gasteiger partial charge is 0.410 e. The Balaban J connectivity index is 2.29. The minimum Gasteiger partial charge on any atom is -0.410 e. The molecule has 0 saturated carbocycles. The Morgan fingerprint density at radius 1 is 1.32 bits per heavy atom. The topological polar surface area (TPSA) is 94.2 Å². The Labute approximate surface area is 107 Å². The summed E-state index contributed by atoms with van der Waals surface area (Å²) in [6.07, 6.45) is 1.17. The van der Waals surface area contributed by atoms with Gasteiger partial charge in [-0.3, -0.25) is 10.1 Å². The maximum Gasteiger partial charge on any atom is 0.312 e. The molecule has 7 nitrogen and oxygen atoms in total. The van der Waals surface area contributed by atoms with Crippen molar-refractivity contribution in [1.29, 1.82) is 0 Å². The average Bonchev–Trinajstić information content (AvgIpc) is 2.89. The number of rotatable bonds is 1. The number of hydrogen-bond acceptors (Lipinski definition) is 6. The molecule has 1 aromatic rings. The van der Waals surface area contributed by atoms with Gasteiger partial charge in [0.25, 0.3) is 5.79 Å². The molecule has 1 N–H and O–H groups in total. The van der Waals surface area contributed by atoms with E-state index in [9.17, 15) is 10.1 Å². The van der Waals surface area contributed by atoms with Crippen molar-refractivity contribution in [2.75, 3.05) is 13.2 Å². The average molecular weight is 262 g/mol. The lowest BCUT2D eigenvalue weighted by atomic mass is 9.88. The zero-order chi connectivity index (χ0) is 13.5. The Bertz CT molecular complexity index is 602. The maximum atomic E-state index is 11.2. The fourth-order valence-corrected chi connectivity index (χ4v) is 2.41. The Morgan fingerprint density at radius 3 is 2.63 bits per heavy atom. The molecular weight excluding hydrogens is 252 g/mol. The molecule has 0 radical (unpaired) electrons. The molecule has 0 atom stereocenters. The first-order valence-corrected chi connectivity index (χ1v) is 5.65. The highest BCUT2D eigenvalue weighted by Gasteiger charge is 2.54. The smallest absolute Gasteiger partial charge is 0.312 e. The number of allylic oxidation sites excluding steroid dienone is 1. The Hall–Kier alpha value is -2.25. The first kappa shape index (κ1) is 11.8. The minimum absolute atomic E-state index is 0.118. The van der Waals surface area contributed by atoms with Crippen molar-refractivity contribution in [2.45, 2.75) is 5.79 Å². The van der Waals surface area contributed by atoms with Gasteiger partial charge in [-0.1, -0.05) is 29.4 Å². The van der Waals surface area contributed by atoms with Gasteiger partial charge in [-0.15, -0.1) is 0 Å². The number of oxime groups is 1. The second-order valence-electron chi connectivity index (χ2n) is 4.13. The third kappa shape index (κ3) is 1.56. The summed E-state index contributed by atoms with van der Waals surface area (Å²) in [5.74, 6) is -1.51. The van der Waals surface area contributed by atoms with Crippen molar-refractivity contribution in [3.63, 3.8) is 0 Å². The van der Waals surface area contributed by atoms with Gasteiger partial charge in [0.15, 0.2) is 0 Å². The van der Waals surface area contributed by atoms with E-state index in [4.69, 9.17) is 14.7 Å². The van der Waals surface area contributed by atoms with Crippen LogP contribution in [0, 0.1) is 10.1 Å². The standard InChI is InChI=1S/C12H10N2O5/c15-13-10-7-11(14(16)17)12(18-5-6-19-12)9-4-2-1-3-8(9)10/h1-4,7,15H,5-6H2/b13-10+. The van der Waals surface area contributed by atoms with Gasteiger partial charge in [0.1, 0.15) is 5.71 Å². The second-order valence-corrected chi connectivity index (χ2v) is 4.13. The minimum atomic E-state index is -1.51. The quantitative estimate of drug-likeness (QED) is 0.466. The molecule has 1 aliphatic heterocycles. The van der Waals surface area contributed by atoms with Crippen molar-refractivity contribution < 1.29 is 19.6 Å². The van der Waals surface area contributed by atoms with E-state index in [1.807, 2.05) is 0 Å². The lowest BCUT2D eigenvalue weighted by Gasteiger charge is -2.29. The normalized spacial score (nSPS) is 22.3. The Kier molecular flexibility index (Phi) is 2.58. The molecule has 1 fully saturated rings. The summed E-state index contributed by atoms with van der Waals surface area (Å²) in [6, 6.07) is 6.84. The van der Waals surface area contributed by atoms with Crippen LogP contribution >= 0.6 is 0 Å². The van der Waals surface area contributed by atoms with Gasteiger partial charge in [0.05, 0.1) is 18.1 Å². The Morgan fingerprint density at radius 2 is 2.00 bits per heavy atom. The van der Waals surface area contributed by atoms with Gasteiger partial charge in [-0.2, -0.15) is 0 Å². The number of hydrogen-bond donors (Lipinski definition) is 1. The summed E-state index contributed by atoms with van der Waals surface area (Å²) >= 11 is 0. The summed E-state index contributed by atoms with van der Waals surface area (Å²) in [4.78, 5) is 10.7. The molecule has 2 aliphatic rings. The zero-order valence-corrected chi connectivity index (χ0v) is 9.78. The zero-order valence-electron chi connectivity index (χ0n) is 9.78. The van der Waals surface area contributed by atoms with Crippen LogP contribution in [0.15, 0.2) is 41.2 Å². The summed E-state index contributed by atoms with van der Waals surface area (Å²) in [5, 5.41) is 23.3. The van der Waals surface area contributed by atoms with E-state index in [1.54, 1.807) is 24.3 Å². The first-order chi connectivity index (χ1) is 9.19. The number of ether oxygens (including phenoxy) is 2. The van der Waals surface area contributed by atoms with Crippen molar-refractivity contribution in [3.05, 3.63) is 57.3 Å². The van der Waals surface area contributed by atoms with Crippen LogP contribution < -0.4 is 0 Å². The number of nitro groups is 1. The van der Waals surface area contributed by atoms with Crippen molar-refractivity contribution >= 4 is 5.71 Å². The molecule has 1 aromatic carbocycles. The fourth-order valence-electron chi connectivity index (χ4n) is 2.41. The highest BCUT2D eigenvalue weighted by Crippen LogP contribution is 2.43. The molecule has 0 aromatic heterocycles. The molecule has 0 unspecified atom stereocenters. The van der Waals surface area contributed by atoms with Crippen LogP contribution in [0.1, 0.15) is 11.1 Å². The van der Waals surface area contributed by atoms with Gasteiger partial charge in [0, 0.05) is 17.2 Å². The van der Waals surface area contributed by atoms with Crippen LogP contribution in [0.2, 0.25) is 0 Å². The lowest BCUT2D eigenvalue weighted by molar-refractivity contribution is -0.461. The third-order valence-electron chi connectivity index (χ3n) is 3.17. The van der Waals surface area contributed by atoms with Crippen LogP contribution in [-0.2, 0) is 15.3 Å². The third-order valence-corrected chi connectivity index (χ3v) is 3.17. The molecular formula is C12H10N2O5. The van der Waals surface area contributed by atoms with Crippen LogP contribution in [0.3, 0.4) is 0 Å². The maximum absolute atomic E-state index is 11.2. The summed E-state index contributed by atoms with van der Waals surface area (Å²) < 4.78 is 11.0. The fraction of sp³-hybridized carbons (Fsp3) is 0.250. The molecule has 1 aliphatic carbocycles. The van der Waals surface area contributed by atoms with Crippen LogP contribution in [0.25, 0.3) is 0 Å². The predicted octanol–water partition coefficient (Wildman–Crippen LogP) is 1.24. The van der Waals surface area contributed by atoms with Gasteiger partial charge < -0.3 is 14.7 Å². The first-order valence-electron chi connectivity index (χ1n) is 5.65. The molecule has 19 heavy (non-hydrogen) atoms. The molecule has 1 heterocycles. The van der Waals surface area contributed by atoms with Crippen LogP contribution in [0.4, 0.5) is 0 Å². The van der Waals surface area contributed by atoms with E-state index in [1.165, 1.54) is 6.08 Å². The van der Waals surface area contributed by atoms with Crippen molar-refractivity contribution in [1.82, 2.24) is 0 Å². The number of benzene rings is 1. The van der Waals surface area contributed by atoms with Gasteiger partial charge in [-0.25, -0.2) is 0 Å². The van der Waals surface area contributed by atoms with Crippen molar-refractivity contribution in [2.24, 2.45) is 5.16 Å². The lowest BCUT2D eigenvalue weighted by Crippen LogP contribution is -2.38. The molecule has 7 heteroatoms. The van der Waals surface area contributed by atoms with Gasteiger partial charge >= 0.3 is 5.70 Å². The van der Waals surface area contributed by atoms with E-state index in [0.717, 1.165) is 0 Å². The molecule has 1 saturated heterocycles. The molecule has 3 rings (SSSR count). The highest BCUT2D eigenvalue weighted by atomic mass is 16.7. The monoisotopic (exact) mass is 262 g/mol. The molecule has 98 valence electrons. The van der Waals surface area contributed by atoms with Crippen LogP contribution in [0.5, 0.6) is 0 Å². The molecule has 1 spiro atoms. The summed E-state index contributed by atoms with van der Waals surface area (Å²) in [7, 11) is 0. The van der Waals surface area contributed by atoms with E-state index in [2.05, 4.69) is 5.16 Å². The number of nitrogens with zero attached hydrogens (tertiary/aromatic N) is 2. The number of fused-ring (bicyclic) bond motifs is 2. The van der Waals surface area contributed by atoms with E-state index >= 15 is 0 Å². The summed E-state index contributed by atoms with van der Waals surface area (Å²) in [6.45, 7) is 0.538. The van der Waals surface area contributed by atoms with E-state index in [-0.39, 0.29) is 24.6 Å². The molecule has 0 bridgehead atoms. The summed E-state index contributed by atoms with van der Waals surface area (Å²) in [5.41, 5.74) is 0.871. The molecule has 0 amide bonds. The second kappa shape index (κ2) is 4.15. The predicted molar refractivity (Wildman–Crippen MR) is 63.4 cm³/mol. The van der Waals surface area contributed by atoms with E-state index < -0.39 is 10.7 Å². The van der Waals surface area contributed by atoms with Crippen molar-refractivity contribution in [3.8, 4) is 0 Å². The SMILES string of the molecule is O=[N+]([O-])C1=C/C(=N\O)c2ccccc2C12OCCO2. The van der Waals surface area contributed by atoms with E-state index in [0.29, 0.717) is 11.1 Å². The van der Waals surface area contributed by atoms with Gasteiger partial charge in [0.2, 0.25) is 0 Å². The van der Waals surface area contributed by atoms with Crippen LogP contribution in [-0.4, -0.2) is 29.1 Å². The highest BCUT2D eigenvalue weighted by molar-refractivity contribution is 6.11.